The summed E-state index contributed by atoms with van der Waals surface area (Å²) >= 11 is 0. The molecule has 0 aliphatic carbocycles. The van der Waals surface area contributed by atoms with Gasteiger partial charge >= 0.3 is 0 Å². The van der Waals surface area contributed by atoms with Crippen molar-refractivity contribution in [3.63, 3.8) is 0 Å². The van der Waals surface area contributed by atoms with E-state index in [1.54, 1.807) is 35.4 Å². The zero-order valence-electron chi connectivity index (χ0n) is 13.7. The Morgan fingerprint density at radius 1 is 1.36 bits per heavy atom. The lowest BCUT2D eigenvalue weighted by atomic mass is 10.2. The Morgan fingerprint density at radius 2 is 2.20 bits per heavy atom. The molecule has 4 rings (SSSR count). The number of aryl methyl sites for hydroxylation is 1. The first-order chi connectivity index (χ1) is 12.1. The van der Waals surface area contributed by atoms with Gasteiger partial charge in [-0.05, 0) is 19.1 Å². The number of benzene rings is 1. The second-order valence-electron chi connectivity index (χ2n) is 6.03. The van der Waals surface area contributed by atoms with E-state index in [4.69, 9.17) is 9.15 Å². The molecule has 1 aliphatic heterocycles. The molecule has 7 heteroatoms. The van der Waals surface area contributed by atoms with Crippen LogP contribution in [0.1, 0.15) is 28.2 Å². The minimum absolute atomic E-state index is 0.0416. The maximum atomic E-state index is 12.8. The summed E-state index contributed by atoms with van der Waals surface area (Å²) in [5.74, 6) is 0.411. The number of carbonyl (C=O) groups is 1. The lowest BCUT2D eigenvalue weighted by Gasteiger charge is -2.31. The quantitative estimate of drug-likeness (QED) is 0.772. The van der Waals surface area contributed by atoms with Crippen LogP contribution in [-0.2, 0) is 4.74 Å². The Kier molecular flexibility index (Phi) is 3.85. The van der Waals surface area contributed by atoms with Crippen LogP contribution >= 0.6 is 0 Å². The van der Waals surface area contributed by atoms with E-state index in [-0.39, 0.29) is 23.2 Å². The number of rotatable bonds is 2. The van der Waals surface area contributed by atoms with E-state index in [0.29, 0.717) is 36.5 Å². The molecule has 3 aromatic rings. The van der Waals surface area contributed by atoms with Gasteiger partial charge in [0, 0.05) is 24.5 Å². The van der Waals surface area contributed by atoms with Crippen LogP contribution in [0.25, 0.3) is 11.0 Å². The van der Waals surface area contributed by atoms with E-state index in [1.807, 2.05) is 6.92 Å². The molecule has 0 spiro atoms. The fraction of sp³-hybridized carbons (Fsp3) is 0.278. The maximum absolute atomic E-state index is 12.8. The molecule has 1 N–H and O–H groups in total. The number of imidazole rings is 1. The molecule has 0 unspecified atom stereocenters. The molecule has 7 nitrogen and oxygen atoms in total. The third-order valence-electron chi connectivity index (χ3n) is 4.23. The van der Waals surface area contributed by atoms with Crippen molar-refractivity contribution in [1.29, 1.82) is 0 Å². The van der Waals surface area contributed by atoms with Crippen LogP contribution in [0.3, 0.4) is 0 Å². The van der Waals surface area contributed by atoms with Crippen molar-refractivity contribution in [2.75, 3.05) is 19.7 Å². The third-order valence-corrected chi connectivity index (χ3v) is 4.23. The van der Waals surface area contributed by atoms with E-state index in [9.17, 15) is 9.59 Å². The van der Waals surface area contributed by atoms with Gasteiger partial charge in [0.05, 0.1) is 18.5 Å². The Bertz CT molecular complexity index is 991. The largest absolute Gasteiger partial charge is 0.451 e. The van der Waals surface area contributed by atoms with E-state index in [1.165, 1.54) is 6.07 Å². The van der Waals surface area contributed by atoms with Gasteiger partial charge in [0.25, 0.3) is 5.91 Å². The summed E-state index contributed by atoms with van der Waals surface area (Å²) in [6.45, 7) is 3.09. The molecule has 128 valence electrons. The second-order valence-corrected chi connectivity index (χ2v) is 6.03. The number of nitrogens with zero attached hydrogens (tertiary/aromatic N) is 2. The number of aromatic nitrogens is 2. The number of fused-ring (bicyclic) bond motifs is 1. The first-order valence-electron chi connectivity index (χ1n) is 8.07. The maximum Gasteiger partial charge on any atom is 0.289 e. The molecule has 0 saturated carbocycles. The Morgan fingerprint density at radius 3 is 3.00 bits per heavy atom. The number of para-hydroxylation sites is 1. The fourth-order valence-electron chi connectivity index (χ4n) is 2.96. The average molecular weight is 339 g/mol. The molecule has 1 saturated heterocycles. The SMILES string of the molecule is Cc1cnc([C@@H]2CN(C(=O)c3cc(=O)c4ccccc4o3)CCO2)[nH]1. The van der Waals surface area contributed by atoms with Crippen LogP contribution in [0.15, 0.2) is 45.7 Å². The van der Waals surface area contributed by atoms with Crippen LogP contribution in [0.2, 0.25) is 0 Å². The van der Waals surface area contributed by atoms with Crippen LogP contribution in [0, 0.1) is 6.92 Å². The minimum atomic E-state index is -0.321. The second kappa shape index (κ2) is 6.18. The van der Waals surface area contributed by atoms with Crippen LogP contribution in [0.5, 0.6) is 0 Å². The van der Waals surface area contributed by atoms with Gasteiger partial charge in [-0.15, -0.1) is 0 Å². The van der Waals surface area contributed by atoms with Crippen molar-refractivity contribution < 1.29 is 13.9 Å². The van der Waals surface area contributed by atoms with Gasteiger partial charge in [0.2, 0.25) is 0 Å². The lowest BCUT2D eigenvalue weighted by molar-refractivity contribution is -0.0273. The molecule has 3 heterocycles. The number of aromatic amines is 1. The normalized spacial score (nSPS) is 17.8. The van der Waals surface area contributed by atoms with Crippen molar-refractivity contribution in [2.24, 2.45) is 0 Å². The summed E-state index contributed by atoms with van der Waals surface area (Å²) in [4.78, 5) is 34.0. The first-order valence-corrected chi connectivity index (χ1v) is 8.07. The summed E-state index contributed by atoms with van der Waals surface area (Å²) in [6.07, 6.45) is 1.40. The van der Waals surface area contributed by atoms with Gasteiger partial charge in [-0.1, -0.05) is 12.1 Å². The minimum Gasteiger partial charge on any atom is -0.451 e. The van der Waals surface area contributed by atoms with E-state index < -0.39 is 0 Å². The summed E-state index contributed by atoms with van der Waals surface area (Å²) < 4.78 is 11.4. The molecule has 0 radical (unpaired) electrons. The van der Waals surface area contributed by atoms with Crippen LogP contribution in [0.4, 0.5) is 0 Å². The van der Waals surface area contributed by atoms with Crippen molar-refractivity contribution in [1.82, 2.24) is 14.9 Å². The molecule has 1 aliphatic rings. The number of carbonyl (C=O) groups excluding carboxylic acids is 1. The van der Waals surface area contributed by atoms with Crippen molar-refractivity contribution >= 4 is 16.9 Å². The number of nitrogens with one attached hydrogen (secondary N) is 1. The highest BCUT2D eigenvalue weighted by atomic mass is 16.5. The monoisotopic (exact) mass is 339 g/mol. The lowest BCUT2D eigenvalue weighted by Crippen LogP contribution is -2.42. The Labute approximate surface area is 143 Å². The number of hydrogen-bond donors (Lipinski definition) is 1. The van der Waals surface area contributed by atoms with Crippen molar-refractivity contribution in [3.05, 3.63) is 64.0 Å². The fourth-order valence-corrected chi connectivity index (χ4v) is 2.96. The molecule has 0 bridgehead atoms. The first kappa shape index (κ1) is 15.6. The van der Waals surface area contributed by atoms with Gasteiger partial charge in [-0.2, -0.15) is 0 Å². The van der Waals surface area contributed by atoms with Crippen LogP contribution < -0.4 is 5.43 Å². The third kappa shape index (κ3) is 2.94. The van der Waals surface area contributed by atoms with Gasteiger partial charge in [0.1, 0.15) is 17.5 Å². The van der Waals surface area contributed by atoms with Gasteiger partial charge in [-0.3, -0.25) is 9.59 Å². The summed E-state index contributed by atoms with van der Waals surface area (Å²) in [5, 5.41) is 0.463. The highest BCUT2D eigenvalue weighted by molar-refractivity contribution is 5.93. The molecule has 2 aromatic heterocycles. The zero-order valence-corrected chi connectivity index (χ0v) is 13.7. The highest BCUT2D eigenvalue weighted by Crippen LogP contribution is 2.21. The molecule has 1 atom stereocenters. The van der Waals surface area contributed by atoms with E-state index >= 15 is 0 Å². The summed E-state index contributed by atoms with van der Waals surface area (Å²) in [6, 6.07) is 8.15. The predicted octanol–water partition coefficient (Wildman–Crippen LogP) is 2.04. The van der Waals surface area contributed by atoms with Gasteiger partial charge in [-0.25, -0.2) is 4.98 Å². The smallest absolute Gasteiger partial charge is 0.289 e. The zero-order chi connectivity index (χ0) is 17.4. The van der Waals surface area contributed by atoms with Crippen molar-refractivity contribution in [3.8, 4) is 0 Å². The summed E-state index contributed by atoms with van der Waals surface area (Å²) in [5.41, 5.74) is 1.11. The molecular weight excluding hydrogens is 322 g/mol. The predicted molar refractivity (Wildman–Crippen MR) is 90.4 cm³/mol. The summed E-state index contributed by atoms with van der Waals surface area (Å²) in [7, 11) is 0. The molecule has 1 fully saturated rings. The number of ether oxygens (including phenoxy) is 1. The molecule has 1 amide bonds. The average Bonchev–Trinajstić information content (AvgIpc) is 3.08. The molecular formula is C18H17N3O4. The van der Waals surface area contributed by atoms with Crippen molar-refractivity contribution in [2.45, 2.75) is 13.0 Å². The standard InChI is InChI=1S/C18H17N3O4/c1-11-9-19-17(20-11)16-10-21(6-7-24-16)18(23)15-8-13(22)12-4-2-3-5-14(12)25-15/h2-5,8-9,16H,6-7,10H2,1H3,(H,19,20)/t16-/m0/s1. The van der Waals surface area contributed by atoms with E-state index in [0.717, 1.165) is 5.69 Å². The molecule has 1 aromatic carbocycles. The molecule has 25 heavy (non-hydrogen) atoms. The number of hydrogen-bond acceptors (Lipinski definition) is 5. The Hall–Kier alpha value is -2.93. The number of H-pyrrole nitrogens is 1. The van der Waals surface area contributed by atoms with Gasteiger partial charge in [0.15, 0.2) is 11.2 Å². The van der Waals surface area contributed by atoms with Gasteiger partial charge < -0.3 is 19.0 Å². The number of morpholine rings is 1. The topological polar surface area (TPSA) is 88.4 Å². The number of amides is 1. The Balaban J connectivity index is 1.61. The highest BCUT2D eigenvalue weighted by Gasteiger charge is 2.29. The van der Waals surface area contributed by atoms with Crippen LogP contribution in [-0.4, -0.2) is 40.5 Å². The van der Waals surface area contributed by atoms with E-state index in [2.05, 4.69) is 9.97 Å².